The Morgan fingerprint density at radius 3 is 2.63 bits per heavy atom. The van der Waals surface area contributed by atoms with Gasteiger partial charge in [-0.05, 0) is 27.2 Å². The van der Waals surface area contributed by atoms with Gasteiger partial charge in [0.2, 0.25) is 5.91 Å². The summed E-state index contributed by atoms with van der Waals surface area (Å²) in [6.07, 6.45) is 0.827. The van der Waals surface area contributed by atoms with Gasteiger partial charge in [-0.2, -0.15) is 0 Å². The molecule has 6 nitrogen and oxygen atoms in total. The monoisotopic (exact) mass is 271 g/mol. The highest BCUT2D eigenvalue weighted by molar-refractivity contribution is 5.79. The zero-order valence-corrected chi connectivity index (χ0v) is 12.3. The van der Waals surface area contributed by atoms with Crippen LogP contribution < -0.4 is 5.73 Å². The minimum absolute atomic E-state index is 0.0453. The van der Waals surface area contributed by atoms with Gasteiger partial charge in [-0.15, -0.1) is 0 Å². The van der Waals surface area contributed by atoms with Crippen LogP contribution in [0.5, 0.6) is 0 Å². The molecule has 2 N–H and O–H groups in total. The van der Waals surface area contributed by atoms with Crippen LogP contribution >= 0.6 is 0 Å². The number of nitrogens with zero attached hydrogens (tertiary/aromatic N) is 2. The molecule has 0 radical (unpaired) electrons. The lowest BCUT2D eigenvalue weighted by Gasteiger charge is -2.25. The summed E-state index contributed by atoms with van der Waals surface area (Å²) in [6, 6.07) is -0.0453. The summed E-state index contributed by atoms with van der Waals surface area (Å²) >= 11 is 0. The Balaban J connectivity index is 2.25. The normalized spacial score (nSPS) is 19.7. The van der Waals surface area contributed by atoms with Gasteiger partial charge in [-0.25, -0.2) is 4.79 Å². The van der Waals surface area contributed by atoms with Crippen LogP contribution in [-0.2, 0) is 9.53 Å². The topological polar surface area (TPSA) is 75.9 Å². The number of likely N-dealkylation sites (tertiary alicyclic amines) is 1. The number of amides is 2. The van der Waals surface area contributed by atoms with Crippen LogP contribution in [0.4, 0.5) is 4.79 Å². The highest BCUT2D eigenvalue weighted by Crippen LogP contribution is 2.11. The number of hydrogen-bond donors (Lipinski definition) is 1. The number of hydrogen-bond acceptors (Lipinski definition) is 4. The lowest BCUT2D eigenvalue weighted by Crippen LogP contribution is -2.36. The molecular formula is C13H25N3O3. The van der Waals surface area contributed by atoms with E-state index in [9.17, 15) is 9.59 Å². The Morgan fingerprint density at radius 2 is 2.16 bits per heavy atom. The molecule has 0 aromatic heterocycles. The maximum Gasteiger partial charge on any atom is 0.410 e. The van der Waals surface area contributed by atoms with Gasteiger partial charge in [0, 0.05) is 39.1 Å². The summed E-state index contributed by atoms with van der Waals surface area (Å²) < 4.78 is 5.25. The molecule has 0 aromatic carbocycles. The predicted molar refractivity (Wildman–Crippen MR) is 72.7 cm³/mol. The number of nitrogens with two attached hydrogens (primary N) is 1. The van der Waals surface area contributed by atoms with E-state index in [-0.39, 0.29) is 18.0 Å². The fourth-order valence-electron chi connectivity index (χ4n) is 1.95. The van der Waals surface area contributed by atoms with Gasteiger partial charge in [0.25, 0.3) is 0 Å². The van der Waals surface area contributed by atoms with Crippen LogP contribution in [0.1, 0.15) is 33.6 Å². The number of ether oxygens (including phenoxy) is 1. The van der Waals surface area contributed by atoms with Crippen LogP contribution in [-0.4, -0.2) is 60.1 Å². The van der Waals surface area contributed by atoms with E-state index in [0.29, 0.717) is 26.1 Å². The predicted octanol–water partition coefficient (Wildman–Crippen LogP) is 0.803. The van der Waals surface area contributed by atoms with Crippen LogP contribution in [0.15, 0.2) is 0 Å². The lowest BCUT2D eigenvalue weighted by atomic mass is 10.2. The maximum atomic E-state index is 11.7. The average Bonchev–Trinajstić information content (AvgIpc) is 2.55. The minimum atomic E-state index is -0.483. The van der Waals surface area contributed by atoms with E-state index in [0.717, 1.165) is 6.42 Å². The highest BCUT2D eigenvalue weighted by atomic mass is 16.6. The molecule has 0 spiro atoms. The largest absolute Gasteiger partial charge is 0.444 e. The second-order valence-corrected chi connectivity index (χ2v) is 6.06. The summed E-state index contributed by atoms with van der Waals surface area (Å²) in [5.41, 5.74) is 5.23. The molecule has 1 atom stereocenters. The van der Waals surface area contributed by atoms with Crippen molar-refractivity contribution in [3.63, 3.8) is 0 Å². The molecule has 1 rings (SSSR count). The standard InChI is InChI=1S/C13H25N3O3/c1-13(2,3)19-12(18)15(4)6-5-7-16-9-10(14)8-11(16)17/h10H,5-9,14H2,1-4H3. The molecule has 110 valence electrons. The third-order valence-corrected chi connectivity index (χ3v) is 2.87. The fraction of sp³-hybridized carbons (Fsp3) is 0.846. The van der Waals surface area contributed by atoms with Crippen LogP contribution in [0.2, 0.25) is 0 Å². The first kappa shape index (κ1) is 15.8. The van der Waals surface area contributed by atoms with Crippen molar-refractivity contribution in [1.29, 1.82) is 0 Å². The highest BCUT2D eigenvalue weighted by Gasteiger charge is 2.26. The molecule has 0 aliphatic carbocycles. The van der Waals surface area contributed by atoms with E-state index in [1.54, 1.807) is 11.9 Å². The molecule has 0 bridgehead atoms. The van der Waals surface area contributed by atoms with Crippen molar-refractivity contribution in [2.24, 2.45) is 5.73 Å². The van der Waals surface area contributed by atoms with Crippen LogP contribution in [0.3, 0.4) is 0 Å². The van der Waals surface area contributed by atoms with Gasteiger partial charge >= 0.3 is 6.09 Å². The van der Waals surface area contributed by atoms with E-state index in [1.807, 2.05) is 20.8 Å². The molecule has 1 unspecified atom stereocenters. The molecule has 1 aliphatic rings. The zero-order valence-electron chi connectivity index (χ0n) is 12.3. The van der Waals surface area contributed by atoms with Gasteiger partial charge < -0.3 is 20.3 Å². The molecule has 0 aromatic rings. The average molecular weight is 271 g/mol. The summed E-state index contributed by atoms with van der Waals surface area (Å²) in [5.74, 6) is 0.104. The maximum absolute atomic E-state index is 11.7. The Hall–Kier alpha value is -1.30. The minimum Gasteiger partial charge on any atom is -0.444 e. The smallest absolute Gasteiger partial charge is 0.410 e. The van der Waals surface area contributed by atoms with Crippen molar-refractivity contribution in [1.82, 2.24) is 9.80 Å². The Morgan fingerprint density at radius 1 is 1.53 bits per heavy atom. The van der Waals surface area contributed by atoms with Gasteiger partial charge in [0.05, 0.1) is 0 Å². The second-order valence-electron chi connectivity index (χ2n) is 6.06. The third-order valence-electron chi connectivity index (χ3n) is 2.87. The Bertz CT molecular complexity index is 339. The van der Waals surface area contributed by atoms with E-state index in [4.69, 9.17) is 10.5 Å². The van der Waals surface area contributed by atoms with Crippen molar-refractivity contribution < 1.29 is 14.3 Å². The second kappa shape index (κ2) is 6.23. The van der Waals surface area contributed by atoms with Crippen molar-refractivity contribution in [2.45, 2.75) is 45.3 Å². The zero-order chi connectivity index (χ0) is 14.6. The molecule has 6 heteroatoms. The lowest BCUT2D eigenvalue weighted by molar-refractivity contribution is -0.127. The van der Waals surface area contributed by atoms with Crippen molar-refractivity contribution >= 4 is 12.0 Å². The van der Waals surface area contributed by atoms with Gasteiger partial charge in [-0.1, -0.05) is 0 Å². The SMILES string of the molecule is CN(CCCN1CC(N)CC1=O)C(=O)OC(C)(C)C. The van der Waals surface area contributed by atoms with Crippen molar-refractivity contribution in [3.8, 4) is 0 Å². The Labute approximate surface area is 114 Å². The van der Waals surface area contributed by atoms with Crippen molar-refractivity contribution in [3.05, 3.63) is 0 Å². The molecule has 0 saturated carbocycles. The first-order valence-electron chi connectivity index (χ1n) is 6.66. The molecular weight excluding hydrogens is 246 g/mol. The molecule has 1 aliphatic heterocycles. The van der Waals surface area contributed by atoms with Crippen molar-refractivity contribution in [2.75, 3.05) is 26.7 Å². The van der Waals surface area contributed by atoms with Gasteiger partial charge in [0.15, 0.2) is 0 Å². The van der Waals surface area contributed by atoms with Crippen LogP contribution in [0.25, 0.3) is 0 Å². The summed E-state index contributed by atoms with van der Waals surface area (Å²) in [4.78, 5) is 26.5. The number of carbonyl (C=O) groups excluding carboxylic acids is 2. The Kier molecular flexibility index (Phi) is 5.17. The number of rotatable bonds is 4. The van der Waals surface area contributed by atoms with Gasteiger partial charge in [-0.3, -0.25) is 4.79 Å². The quantitative estimate of drug-likeness (QED) is 0.820. The van der Waals surface area contributed by atoms with E-state index < -0.39 is 5.60 Å². The van der Waals surface area contributed by atoms with Crippen LogP contribution in [0, 0.1) is 0 Å². The molecule has 1 heterocycles. The fourth-order valence-corrected chi connectivity index (χ4v) is 1.95. The molecule has 1 fully saturated rings. The number of carbonyl (C=O) groups is 2. The van der Waals surface area contributed by atoms with E-state index >= 15 is 0 Å². The molecule has 1 saturated heterocycles. The summed E-state index contributed by atoms with van der Waals surface area (Å²) in [5, 5.41) is 0. The molecule has 2 amide bonds. The summed E-state index contributed by atoms with van der Waals surface area (Å²) in [7, 11) is 1.70. The van der Waals surface area contributed by atoms with E-state index in [2.05, 4.69) is 0 Å². The first-order chi connectivity index (χ1) is 8.69. The third kappa shape index (κ3) is 5.46. The summed E-state index contributed by atoms with van der Waals surface area (Å²) in [6.45, 7) is 7.33. The first-order valence-corrected chi connectivity index (χ1v) is 6.66. The van der Waals surface area contributed by atoms with Gasteiger partial charge in [0.1, 0.15) is 5.60 Å². The van der Waals surface area contributed by atoms with E-state index in [1.165, 1.54) is 4.90 Å². The molecule has 19 heavy (non-hydrogen) atoms.